The zero-order chi connectivity index (χ0) is 13.8. The van der Waals surface area contributed by atoms with Crippen molar-refractivity contribution in [3.05, 3.63) is 41.5 Å². The molecule has 0 unspecified atom stereocenters. The van der Waals surface area contributed by atoms with Crippen LogP contribution in [-0.4, -0.2) is 25.9 Å². The molecule has 0 aliphatic carbocycles. The van der Waals surface area contributed by atoms with E-state index in [1.807, 2.05) is 30.9 Å². The van der Waals surface area contributed by atoms with E-state index in [2.05, 4.69) is 22.3 Å². The summed E-state index contributed by atoms with van der Waals surface area (Å²) in [4.78, 5) is 4.32. The Morgan fingerprint density at radius 3 is 2.84 bits per heavy atom. The van der Waals surface area contributed by atoms with Crippen LogP contribution < -0.4 is 5.32 Å². The lowest BCUT2D eigenvalue weighted by molar-refractivity contribution is 0.429. The predicted molar refractivity (Wildman–Crippen MR) is 73.9 cm³/mol. The Hall–Kier alpha value is -1.88. The molecule has 0 aromatic carbocycles. The van der Waals surface area contributed by atoms with E-state index in [1.165, 1.54) is 0 Å². The van der Waals surface area contributed by atoms with E-state index in [0.29, 0.717) is 12.2 Å². The van der Waals surface area contributed by atoms with Gasteiger partial charge >= 0.3 is 0 Å². The molecule has 0 radical (unpaired) electrons. The van der Waals surface area contributed by atoms with Crippen LogP contribution in [0.3, 0.4) is 0 Å². The summed E-state index contributed by atoms with van der Waals surface area (Å²) in [6.45, 7) is 7.37. The van der Waals surface area contributed by atoms with Gasteiger partial charge in [0.15, 0.2) is 0 Å². The molecule has 0 aliphatic heterocycles. The van der Waals surface area contributed by atoms with Crippen LogP contribution in [0.15, 0.2) is 24.5 Å². The molecule has 0 fully saturated rings. The average Bonchev–Trinajstić information content (AvgIpc) is 2.76. The van der Waals surface area contributed by atoms with Gasteiger partial charge in [-0.3, -0.25) is 9.67 Å². The summed E-state index contributed by atoms with van der Waals surface area (Å²) < 4.78 is 1.91. The van der Waals surface area contributed by atoms with Crippen molar-refractivity contribution in [1.29, 1.82) is 0 Å². The van der Waals surface area contributed by atoms with Gasteiger partial charge in [-0.25, -0.2) is 0 Å². The first kappa shape index (κ1) is 13.5. The van der Waals surface area contributed by atoms with Crippen LogP contribution in [-0.2, 0) is 13.1 Å². The minimum absolute atomic E-state index is 0.236. The Balaban J connectivity index is 1.89. The molecular formula is C14H20N4O. The normalized spacial score (nSPS) is 12.6. The lowest BCUT2D eigenvalue weighted by atomic mass is 10.2. The maximum atomic E-state index is 9.72. The van der Waals surface area contributed by atoms with Gasteiger partial charge in [0.25, 0.3) is 0 Å². The second-order valence-electron chi connectivity index (χ2n) is 4.94. The maximum Gasteiger partial charge on any atom is 0.138 e. The van der Waals surface area contributed by atoms with Crippen molar-refractivity contribution >= 4 is 0 Å². The van der Waals surface area contributed by atoms with Crippen LogP contribution in [0.2, 0.25) is 0 Å². The molecular weight excluding hydrogens is 240 g/mol. The van der Waals surface area contributed by atoms with Crippen LogP contribution in [0.1, 0.15) is 23.9 Å². The fourth-order valence-electron chi connectivity index (χ4n) is 1.92. The fraction of sp³-hybridized carbons (Fsp3) is 0.429. The number of nitrogens with one attached hydrogen (secondary N) is 1. The van der Waals surface area contributed by atoms with E-state index in [0.717, 1.165) is 17.8 Å². The molecule has 2 rings (SSSR count). The van der Waals surface area contributed by atoms with Crippen molar-refractivity contribution in [3.8, 4) is 5.75 Å². The molecule has 2 aromatic rings. The molecule has 0 amide bonds. The maximum absolute atomic E-state index is 9.72. The highest BCUT2D eigenvalue weighted by Crippen LogP contribution is 2.14. The lowest BCUT2D eigenvalue weighted by Crippen LogP contribution is -2.30. The topological polar surface area (TPSA) is 63.0 Å². The van der Waals surface area contributed by atoms with Crippen LogP contribution in [0.5, 0.6) is 5.75 Å². The van der Waals surface area contributed by atoms with Gasteiger partial charge in [0, 0.05) is 24.5 Å². The molecule has 0 spiro atoms. The third kappa shape index (κ3) is 3.79. The number of pyridine rings is 1. The molecule has 102 valence electrons. The third-order valence-corrected chi connectivity index (χ3v) is 2.93. The van der Waals surface area contributed by atoms with Crippen molar-refractivity contribution < 1.29 is 5.11 Å². The summed E-state index contributed by atoms with van der Waals surface area (Å²) >= 11 is 0. The zero-order valence-corrected chi connectivity index (χ0v) is 11.6. The van der Waals surface area contributed by atoms with Gasteiger partial charge in [-0.05, 0) is 38.5 Å². The first-order valence-corrected chi connectivity index (χ1v) is 6.42. The highest BCUT2D eigenvalue weighted by atomic mass is 16.3. The number of aromatic nitrogens is 3. The molecule has 2 heterocycles. The number of hydrogen-bond acceptors (Lipinski definition) is 4. The quantitative estimate of drug-likeness (QED) is 0.860. The molecule has 2 aromatic heterocycles. The first-order valence-electron chi connectivity index (χ1n) is 6.42. The van der Waals surface area contributed by atoms with E-state index < -0.39 is 0 Å². The average molecular weight is 260 g/mol. The van der Waals surface area contributed by atoms with Crippen molar-refractivity contribution in [2.24, 2.45) is 0 Å². The number of aryl methyl sites for hydroxylation is 2. The van der Waals surface area contributed by atoms with Crippen molar-refractivity contribution in [2.45, 2.75) is 39.9 Å². The SMILES string of the molecule is Cc1cnn(C[C@@H](C)NCc2nc(C)ccc2O)c1. The molecule has 2 N–H and O–H groups in total. The van der Waals surface area contributed by atoms with Gasteiger partial charge in [-0.2, -0.15) is 5.10 Å². The Labute approximate surface area is 113 Å². The molecule has 0 bridgehead atoms. The number of aromatic hydroxyl groups is 1. The van der Waals surface area contributed by atoms with E-state index in [4.69, 9.17) is 0 Å². The largest absolute Gasteiger partial charge is 0.506 e. The number of hydrogen-bond donors (Lipinski definition) is 2. The van der Waals surface area contributed by atoms with Gasteiger partial charge < -0.3 is 10.4 Å². The second kappa shape index (κ2) is 5.84. The molecule has 0 saturated carbocycles. The molecule has 1 atom stereocenters. The Bertz CT molecular complexity index is 550. The molecule has 5 nitrogen and oxygen atoms in total. The standard InChI is InChI=1S/C14H20N4O/c1-10-6-16-18(8-10)9-12(3)15-7-13-14(19)5-4-11(2)17-13/h4-6,8,12,15,19H,7,9H2,1-3H3/t12-/m1/s1. The Kier molecular flexibility index (Phi) is 4.16. The summed E-state index contributed by atoms with van der Waals surface area (Å²) in [5.41, 5.74) is 2.75. The van der Waals surface area contributed by atoms with E-state index in [-0.39, 0.29) is 11.8 Å². The number of nitrogens with zero attached hydrogens (tertiary/aromatic N) is 3. The summed E-state index contributed by atoms with van der Waals surface area (Å²) in [7, 11) is 0. The summed E-state index contributed by atoms with van der Waals surface area (Å²) in [6, 6.07) is 3.73. The highest BCUT2D eigenvalue weighted by molar-refractivity contribution is 5.27. The van der Waals surface area contributed by atoms with Gasteiger partial charge in [-0.1, -0.05) is 0 Å². The molecule has 0 saturated heterocycles. The predicted octanol–water partition coefficient (Wildman–Crippen LogP) is 1.78. The summed E-state index contributed by atoms with van der Waals surface area (Å²) in [5.74, 6) is 0.236. The van der Waals surface area contributed by atoms with Crippen LogP contribution in [0.4, 0.5) is 0 Å². The summed E-state index contributed by atoms with van der Waals surface area (Å²) in [5, 5.41) is 17.3. The zero-order valence-electron chi connectivity index (χ0n) is 11.6. The third-order valence-electron chi connectivity index (χ3n) is 2.93. The van der Waals surface area contributed by atoms with Gasteiger partial charge in [-0.15, -0.1) is 0 Å². The molecule has 0 aliphatic rings. The van der Waals surface area contributed by atoms with E-state index in [1.54, 1.807) is 12.1 Å². The van der Waals surface area contributed by atoms with Gasteiger partial charge in [0.05, 0.1) is 18.4 Å². The lowest BCUT2D eigenvalue weighted by Gasteiger charge is -2.14. The van der Waals surface area contributed by atoms with E-state index in [9.17, 15) is 5.11 Å². The van der Waals surface area contributed by atoms with Crippen LogP contribution in [0, 0.1) is 13.8 Å². The van der Waals surface area contributed by atoms with E-state index >= 15 is 0 Å². The minimum Gasteiger partial charge on any atom is -0.506 e. The Morgan fingerprint density at radius 1 is 1.37 bits per heavy atom. The van der Waals surface area contributed by atoms with Gasteiger partial charge in [0.2, 0.25) is 0 Å². The van der Waals surface area contributed by atoms with Gasteiger partial charge in [0.1, 0.15) is 5.75 Å². The summed E-state index contributed by atoms with van der Waals surface area (Å²) in [6.07, 6.45) is 3.86. The minimum atomic E-state index is 0.236. The molecule has 19 heavy (non-hydrogen) atoms. The smallest absolute Gasteiger partial charge is 0.138 e. The van der Waals surface area contributed by atoms with Crippen molar-refractivity contribution in [1.82, 2.24) is 20.1 Å². The Morgan fingerprint density at radius 2 is 2.16 bits per heavy atom. The second-order valence-corrected chi connectivity index (χ2v) is 4.94. The number of rotatable bonds is 5. The first-order chi connectivity index (χ1) is 9.04. The highest BCUT2D eigenvalue weighted by Gasteiger charge is 2.07. The van der Waals surface area contributed by atoms with Crippen LogP contribution >= 0.6 is 0 Å². The fourth-order valence-corrected chi connectivity index (χ4v) is 1.92. The monoisotopic (exact) mass is 260 g/mol. The van der Waals surface area contributed by atoms with Crippen LogP contribution in [0.25, 0.3) is 0 Å². The van der Waals surface area contributed by atoms with Crippen molar-refractivity contribution in [2.75, 3.05) is 0 Å². The molecule has 5 heteroatoms. The van der Waals surface area contributed by atoms with Crippen molar-refractivity contribution in [3.63, 3.8) is 0 Å².